The number of aryl methyl sites for hydroxylation is 1. The van der Waals surface area contributed by atoms with Gasteiger partial charge in [-0.1, -0.05) is 0 Å². The molecule has 0 aromatic carbocycles. The van der Waals surface area contributed by atoms with E-state index in [0.717, 1.165) is 32.2 Å². The first-order valence-electron chi connectivity index (χ1n) is 8.33. The smallest absolute Gasteiger partial charge is 0.475 e. The molecule has 25 heavy (non-hydrogen) atoms. The highest BCUT2D eigenvalue weighted by Gasteiger charge is 2.38. The number of fused-ring (bicyclic) bond motifs is 1. The van der Waals surface area contributed by atoms with Crippen LogP contribution in [0, 0.1) is 5.92 Å². The SMILES string of the molecule is CCOCC1CN(CC2CC2)Cc2nn(C)cc21.O=C(O)C(F)(F)F. The van der Waals surface area contributed by atoms with Crippen molar-refractivity contribution in [3.63, 3.8) is 0 Å². The van der Waals surface area contributed by atoms with Gasteiger partial charge in [-0.25, -0.2) is 4.79 Å². The quantitative estimate of drug-likeness (QED) is 0.870. The normalized spacial score (nSPS) is 20.6. The Morgan fingerprint density at radius 2 is 2.08 bits per heavy atom. The van der Waals surface area contributed by atoms with Crippen LogP contribution in [0.2, 0.25) is 0 Å². The maximum Gasteiger partial charge on any atom is 0.490 e. The van der Waals surface area contributed by atoms with Gasteiger partial charge in [0.1, 0.15) is 0 Å². The molecule has 1 unspecified atom stereocenters. The van der Waals surface area contributed by atoms with Crippen molar-refractivity contribution in [1.29, 1.82) is 0 Å². The van der Waals surface area contributed by atoms with E-state index >= 15 is 0 Å². The zero-order valence-corrected chi connectivity index (χ0v) is 14.4. The van der Waals surface area contributed by atoms with Gasteiger partial charge in [0.2, 0.25) is 0 Å². The van der Waals surface area contributed by atoms with Crippen molar-refractivity contribution < 1.29 is 27.8 Å². The highest BCUT2D eigenvalue weighted by molar-refractivity contribution is 5.73. The number of nitrogens with zero attached hydrogens (tertiary/aromatic N) is 3. The summed E-state index contributed by atoms with van der Waals surface area (Å²) < 4.78 is 39.3. The van der Waals surface area contributed by atoms with Crippen LogP contribution in [0.4, 0.5) is 13.2 Å². The van der Waals surface area contributed by atoms with Crippen LogP contribution in [0.25, 0.3) is 0 Å². The number of carboxylic acid groups (broad SMARTS) is 1. The summed E-state index contributed by atoms with van der Waals surface area (Å²) in [6.45, 7) is 7.10. The Morgan fingerprint density at radius 3 is 2.60 bits per heavy atom. The molecule has 1 aliphatic carbocycles. The van der Waals surface area contributed by atoms with Crippen LogP contribution in [0.1, 0.15) is 36.9 Å². The fraction of sp³-hybridized carbons (Fsp3) is 0.750. The van der Waals surface area contributed by atoms with Crippen LogP contribution in [-0.4, -0.2) is 58.2 Å². The predicted octanol–water partition coefficient (Wildman–Crippen LogP) is 2.40. The number of aromatic nitrogens is 2. The van der Waals surface area contributed by atoms with Crippen molar-refractivity contribution >= 4 is 5.97 Å². The van der Waals surface area contributed by atoms with E-state index in [1.54, 1.807) is 0 Å². The molecule has 1 atom stereocenters. The van der Waals surface area contributed by atoms with Crippen LogP contribution in [0.15, 0.2) is 6.20 Å². The van der Waals surface area contributed by atoms with Gasteiger partial charge in [0.05, 0.1) is 12.3 Å². The molecule has 9 heteroatoms. The lowest BCUT2D eigenvalue weighted by Crippen LogP contribution is -2.36. The maximum absolute atomic E-state index is 10.6. The number of alkyl halides is 3. The first kappa shape index (κ1) is 19.7. The molecule has 142 valence electrons. The summed E-state index contributed by atoms with van der Waals surface area (Å²) in [6, 6.07) is 0. The Hall–Kier alpha value is -1.61. The molecule has 0 spiro atoms. The molecule has 1 N–H and O–H groups in total. The summed E-state index contributed by atoms with van der Waals surface area (Å²) in [4.78, 5) is 11.5. The second kappa shape index (κ2) is 8.18. The van der Waals surface area contributed by atoms with Gasteiger partial charge in [0.15, 0.2) is 0 Å². The zero-order valence-electron chi connectivity index (χ0n) is 14.4. The van der Waals surface area contributed by atoms with E-state index in [4.69, 9.17) is 14.6 Å². The summed E-state index contributed by atoms with van der Waals surface area (Å²) >= 11 is 0. The molecule has 1 aromatic rings. The molecule has 1 fully saturated rings. The summed E-state index contributed by atoms with van der Waals surface area (Å²) in [7, 11) is 2.02. The summed E-state index contributed by atoms with van der Waals surface area (Å²) in [5.41, 5.74) is 2.66. The molecule has 3 rings (SSSR count). The molecular formula is C16H24F3N3O3. The van der Waals surface area contributed by atoms with Crippen LogP contribution in [0.3, 0.4) is 0 Å². The third-order valence-corrected chi connectivity index (χ3v) is 4.21. The second-order valence-electron chi connectivity index (χ2n) is 6.50. The highest BCUT2D eigenvalue weighted by Crippen LogP contribution is 2.34. The zero-order chi connectivity index (χ0) is 18.6. The molecular weight excluding hydrogens is 339 g/mol. The number of aliphatic carboxylic acids is 1. The van der Waals surface area contributed by atoms with E-state index in [0.29, 0.717) is 5.92 Å². The number of ether oxygens (including phenoxy) is 1. The summed E-state index contributed by atoms with van der Waals surface area (Å²) in [5, 5.41) is 11.7. The molecule has 0 amide bonds. The lowest BCUT2D eigenvalue weighted by molar-refractivity contribution is -0.192. The maximum atomic E-state index is 10.6. The van der Waals surface area contributed by atoms with E-state index in [1.807, 2.05) is 11.7 Å². The van der Waals surface area contributed by atoms with Gasteiger partial charge in [0, 0.05) is 51.0 Å². The van der Waals surface area contributed by atoms with Crippen molar-refractivity contribution in [2.45, 2.75) is 38.4 Å². The van der Waals surface area contributed by atoms with Crippen LogP contribution in [-0.2, 0) is 23.1 Å². The molecule has 0 saturated heterocycles. The van der Waals surface area contributed by atoms with Crippen molar-refractivity contribution in [3.05, 3.63) is 17.5 Å². The second-order valence-corrected chi connectivity index (χ2v) is 6.50. The Morgan fingerprint density at radius 1 is 1.44 bits per heavy atom. The number of rotatable bonds is 5. The van der Waals surface area contributed by atoms with Crippen molar-refractivity contribution in [1.82, 2.24) is 14.7 Å². The first-order valence-corrected chi connectivity index (χ1v) is 8.33. The topological polar surface area (TPSA) is 67.6 Å². The van der Waals surface area contributed by atoms with Crippen LogP contribution in [0.5, 0.6) is 0 Å². The van der Waals surface area contributed by atoms with Crippen molar-refractivity contribution in [2.75, 3.05) is 26.3 Å². The van der Waals surface area contributed by atoms with E-state index < -0.39 is 12.1 Å². The van der Waals surface area contributed by atoms with E-state index in [9.17, 15) is 13.2 Å². The average molecular weight is 363 g/mol. The monoisotopic (exact) mass is 363 g/mol. The number of halogens is 3. The molecule has 2 aliphatic rings. The minimum Gasteiger partial charge on any atom is -0.475 e. The van der Waals surface area contributed by atoms with Crippen molar-refractivity contribution in [3.8, 4) is 0 Å². The van der Waals surface area contributed by atoms with Gasteiger partial charge in [-0.05, 0) is 25.7 Å². The Balaban J connectivity index is 0.000000277. The van der Waals surface area contributed by atoms with Gasteiger partial charge in [-0.15, -0.1) is 0 Å². The van der Waals surface area contributed by atoms with Crippen LogP contribution < -0.4 is 0 Å². The van der Waals surface area contributed by atoms with Gasteiger partial charge in [-0.2, -0.15) is 18.3 Å². The third-order valence-electron chi connectivity index (χ3n) is 4.21. The van der Waals surface area contributed by atoms with Gasteiger partial charge in [0.25, 0.3) is 0 Å². The van der Waals surface area contributed by atoms with E-state index in [2.05, 4.69) is 23.1 Å². The minimum absolute atomic E-state index is 0.501. The molecule has 2 heterocycles. The van der Waals surface area contributed by atoms with Crippen LogP contribution >= 0.6 is 0 Å². The largest absolute Gasteiger partial charge is 0.490 e. The number of hydrogen-bond acceptors (Lipinski definition) is 4. The summed E-state index contributed by atoms with van der Waals surface area (Å²) in [5.74, 6) is -1.31. The summed E-state index contributed by atoms with van der Waals surface area (Å²) in [6.07, 6.45) is -0.0725. The first-order chi connectivity index (χ1) is 11.7. The van der Waals surface area contributed by atoms with Gasteiger partial charge < -0.3 is 9.84 Å². The molecule has 6 nitrogen and oxygen atoms in total. The Kier molecular flexibility index (Phi) is 6.45. The molecule has 0 bridgehead atoms. The van der Waals surface area contributed by atoms with E-state index in [1.165, 1.54) is 30.6 Å². The number of carboxylic acids is 1. The van der Waals surface area contributed by atoms with Crippen molar-refractivity contribution in [2.24, 2.45) is 13.0 Å². The Bertz CT molecular complexity index is 585. The van der Waals surface area contributed by atoms with E-state index in [-0.39, 0.29) is 0 Å². The fourth-order valence-electron chi connectivity index (χ4n) is 2.91. The predicted molar refractivity (Wildman–Crippen MR) is 84.1 cm³/mol. The third kappa shape index (κ3) is 6.00. The lowest BCUT2D eigenvalue weighted by Gasteiger charge is -2.31. The lowest BCUT2D eigenvalue weighted by atomic mass is 9.95. The standard InChI is InChI=1S/C14H23N3O.C2HF3O2/c1-3-18-10-12-7-17(6-11-4-5-11)9-14-13(12)8-16(2)15-14;3-2(4,5)1(6)7/h8,11-12H,3-7,9-10H2,1-2H3;(H,6,7). The number of hydrogen-bond donors (Lipinski definition) is 1. The van der Waals surface area contributed by atoms with Gasteiger partial charge in [-0.3, -0.25) is 9.58 Å². The number of carbonyl (C=O) groups is 1. The molecule has 1 saturated carbocycles. The highest BCUT2D eigenvalue weighted by atomic mass is 19.4. The fourth-order valence-corrected chi connectivity index (χ4v) is 2.91. The molecule has 1 aliphatic heterocycles. The molecule has 1 aromatic heterocycles. The Labute approximate surface area is 144 Å². The average Bonchev–Trinajstić information content (AvgIpc) is 3.23. The van der Waals surface area contributed by atoms with Gasteiger partial charge >= 0.3 is 12.1 Å². The minimum atomic E-state index is -5.08. The molecule has 0 radical (unpaired) electrons.